The summed E-state index contributed by atoms with van der Waals surface area (Å²) < 4.78 is 13.6. The Morgan fingerprint density at radius 3 is 2.82 bits per heavy atom. The molecule has 0 radical (unpaired) electrons. The van der Waals surface area contributed by atoms with Crippen molar-refractivity contribution in [2.45, 2.75) is 26.3 Å². The first-order chi connectivity index (χ1) is 10.6. The van der Waals surface area contributed by atoms with Crippen molar-refractivity contribution < 1.29 is 9.18 Å². The van der Waals surface area contributed by atoms with Crippen LogP contribution >= 0.6 is 0 Å². The molecule has 114 valence electrons. The number of fused-ring (bicyclic) bond motifs is 1. The minimum absolute atomic E-state index is 0.125. The van der Waals surface area contributed by atoms with Gasteiger partial charge in [-0.25, -0.2) is 4.39 Å². The number of para-hydroxylation sites is 1. The lowest BCUT2D eigenvalue weighted by Crippen LogP contribution is -2.41. The van der Waals surface area contributed by atoms with Gasteiger partial charge in [0, 0.05) is 17.9 Å². The van der Waals surface area contributed by atoms with Gasteiger partial charge in [-0.3, -0.25) is 4.79 Å². The highest BCUT2D eigenvalue weighted by Gasteiger charge is 2.27. The zero-order valence-corrected chi connectivity index (χ0v) is 12.8. The first kappa shape index (κ1) is 14.6. The number of carbonyl (C=O) groups is 1. The van der Waals surface area contributed by atoms with E-state index in [2.05, 4.69) is 16.3 Å². The number of rotatable bonds is 3. The Hall–Kier alpha value is -2.36. The van der Waals surface area contributed by atoms with Crippen LogP contribution in [0.1, 0.15) is 18.1 Å². The zero-order chi connectivity index (χ0) is 15.7. The van der Waals surface area contributed by atoms with Crippen molar-refractivity contribution in [2.75, 3.05) is 16.8 Å². The van der Waals surface area contributed by atoms with E-state index in [1.807, 2.05) is 25.1 Å². The highest BCUT2D eigenvalue weighted by Crippen LogP contribution is 2.29. The summed E-state index contributed by atoms with van der Waals surface area (Å²) in [7, 11) is 0. The second kappa shape index (κ2) is 5.79. The fraction of sp³-hybridized carbons (Fsp3) is 0.278. The summed E-state index contributed by atoms with van der Waals surface area (Å²) in [6, 6.07) is 12.6. The van der Waals surface area contributed by atoms with E-state index in [1.54, 1.807) is 19.1 Å². The van der Waals surface area contributed by atoms with Crippen LogP contribution in [0.25, 0.3) is 0 Å². The van der Waals surface area contributed by atoms with Gasteiger partial charge in [-0.15, -0.1) is 0 Å². The quantitative estimate of drug-likeness (QED) is 0.940. The fourth-order valence-corrected chi connectivity index (χ4v) is 2.82. The summed E-state index contributed by atoms with van der Waals surface area (Å²) in [4.78, 5) is 14.5. The molecule has 0 bridgehead atoms. The molecule has 2 aromatic carbocycles. The first-order valence-corrected chi connectivity index (χ1v) is 7.48. The molecule has 1 amide bonds. The third-order valence-corrected chi connectivity index (χ3v) is 4.21. The highest BCUT2D eigenvalue weighted by molar-refractivity contribution is 5.97. The van der Waals surface area contributed by atoms with E-state index in [9.17, 15) is 9.18 Å². The number of amides is 1. The van der Waals surface area contributed by atoms with Crippen molar-refractivity contribution >= 4 is 17.3 Å². The third kappa shape index (κ3) is 2.69. The molecule has 0 spiro atoms. The first-order valence-electron chi connectivity index (χ1n) is 7.48. The number of carbonyl (C=O) groups excluding carboxylic acids is 1. The maximum atomic E-state index is 13.6. The van der Waals surface area contributed by atoms with E-state index in [0.717, 1.165) is 18.7 Å². The van der Waals surface area contributed by atoms with Crippen LogP contribution in [-0.4, -0.2) is 18.5 Å². The van der Waals surface area contributed by atoms with Crippen molar-refractivity contribution in [3.8, 4) is 0 Å². The van der Waals surface area contributed by atoms with Crippen molar-refractivity contribution in [3.63, 3.8) is 0 Å². The zero-order valence-electron chi connectivity index (χ0n) is 12.8. The van der Waals surface area contributed by atoms with Crippen LogP contribution in [0.15, 0.2) is 42.5 Å². The molecular weight excluding hydrogens is 279 g/mol. The molecule has 3 nitrogen and oxygen atoms in total. The standard InChI is InChI=1S/C18H19FN2O/c1-12-7-8-15(11-16(12)19)20-18(22)13(2)21-10-9-14-5-3-4-6-17(14)21/h3-8,11,13H,9-10H2,1-2H3,(H,20,22)/t13-/m1/s1. The van der Waals surface area contributed by atoms with Gasteiger partial charge >= 0.3 is 0 Å². The molecule has 0 saturated carbocycles. The lowest BCUT2D eigenvalue weighted by Gasteiger charge is -2.26. The van der Waals surface area contributed by atoms with E-state index in [0.29, 0.717) is 11.3 Å². The summed E-state index contributed by atoms with van der Waals surface area (Å²) in [5, 5.41) is 2.80. The average molecular weight is 298 g/mol. The van der Waals surface area contributed by atoms with E-state index >= 15 is 0 Å². The number of halogens is 1. The fourth-order valence-electron chi connectivity index (χ4n) is 2.82. The Balaban J connectivity index is 1.74. The summed E-state index contributed by atoms with van der Waals surface area (Å²) in [5.41, 5.74) is 3.44. The van der Waals surface area contributed by atoms with Crippen molar-refractivity contribution in [1.29, 1.82) is 0 Å². The lowest BCUT2D eigenvalue weighted by molar-refractivity contribution is -0.117. The number of aryl methyl sites for hydroxylation is 1. The molecule has 4 heteroatoms. The summed E-state index contributed by atoms with van der Waals surface area (Å²) in [6.45, 7) is 4.41. The predicted octanol–water partition coefficient (Wildman–Crippen LogP) is 3.52. The Labute approximate surface area is 129 Å². The third-order valence-electron chi connectivity index (χ3n) is 4.21. The van der Waals surface area contributed by atoms with Crippen LogP contribution in [0, 0.1) is 12.7 Å². The normalized spacial score (nSPS) is 14.6. The molecule has 3 rings (SSSR count). The monoisotopic (exact) mass is 298 g/mol. The Bertz CT molecular complexity index is 714. The summed E-state index contributed by atoms with van der Waals surface area (Å²) >= 11 is 0. The second-order valence-corrected chi connectivity index (χ2v) is 5.70. The summed E-state index contributed by atoms with van der Waals surface area (Å²) in [6.07, 6.45) is 0.951. The maximum Gasteiger partial charge on any atom is 0.246 e. The van der Waals surface area contributed by atoms with E-state index < -0.39 is 0 Å². The van der Waals surface area contributed by atoms with Crippen LogP contribution in [0.4, 0.5) is 15.8 Å². The van der Waals surface area contributed by atoms with Crippen LogP contribution < -0.4 is 10.2 Å². The number of anilines is 2. The molecule has 0 fully saturated rings. The minimum atomic E-state index is -0.308. The average Bonchev–Trinajstić information content (AvgIpc) is 2.94. The maximum absolute atomic E-state index is 13.6. The molecule has 0 aliphatic carbocycles. The molecule has 1 heterocycles. The number of hydrogen-bond acceptors (Lipinski definition) is 2. The van der Waals surface area contributed by atoms with E-state index in [-0.39, 0.29) is 17.8 Å². The number of nitrogens with zero attached hydrogens (tertiary/aromatic N) is 1. The second-order valence-electron chi connectivity index (χ2n) is 5.70. The molecule has 2 aromatic rings. The number of nitrogens with one attached hydrogen (secondary N) is 1. The van der Waals surface area contributed by atoms with Gasteiger partial charge in [0.1, 0.15) is 11.9 Å². The van der Waals surface area contributed by atoms with Gasteiger partial charge in [0.25, 0.3) is 0 Å². The van der Waals surface area contributed by atoms with Gasteiger partial charge in [0.05, 0.1) is 0 Å². The van der Waals surface area contributed by atoms with Gasteiger partial charge in [0.15, 0.2) is 0 Å². The van der Waals surface area contributed by atoms with Crippen LogP contribution in [0.3, 0.4) is 0 Å². The summed E-state index contributed by atoms with van der Waals surface area (Å²) in [5.74, 6) is -0.433. The highest BCUT2D eigenvalue weighted by atomic mass is 19.1. The van der Waals surface area contributed by atoms with E-state index in [4.69, 9.17) is 0 Å². The van der Waals surface area contributed by atoms with Gasteiger partial charge in [0.2, 0.25) is 5.91 Å². The number of benzene rings is 2. The van der Waals surface area contributed by atoms with Crippen LogP contribution in [-0.2, 0) is 11.2 Å². The lowest BCUT2D eigenvalue weighted by atomic mass is 10.1. The molecule has 1 N–H and O–H groups in total. The van der Waals surface area contributed by atoms with Crippen molar-refractivity contribution in [2.24, 2.45) is 0 Å². The predicted molar refractivity (Wildman–Crippen MR) is 86.7 cm³/mol. The molecule has 0 unspecified atom stereocenters. The molecule has 0 saturated heterocycles. The van der Waals surface area contributed by atoms with E-state index in [1.165, 1.54) is 11.6 Å². The molecule has 1 aliphatic heterocycles. The molecule has 22 heavy (non-hydrogen) atoms. The Morgan fingerprint density at radius 1 is 1.27 bits per heavy atom. The van der Waals surface area contributed by atoms with Crippen molar-refractivity contribution in [3.05, 3.63) is 59.4 Å². The molecule has 1 aliphatic rings. The molecule has 0 aromatic heterocycles. The molecular formula is C18H19FN2O. The van der Waals surface area contributed by atoms with Gasteiger partial charge in [-0.05, 0) is 49.6 Å². The Kier molecular flexibility index (Phi) is 3.84. The smallest absolute Gasteiger partial charge is 0.246 e. The Morgan fingerprint density at radius 2 is 2.05 bits per heavy atom. The SMILES string of the molecule is Cc1ccc(NC(=O)[C@@H](C)N2CCc3ccccc32)cc1F. The van der Waals surface area contributed by atoms with Gasteiger partial charge in [-0.2, -0.15) is 0 Å². The van der Waals surface area contributed by atoms with Gasteiger partial charge in [-0.1, -0.05) is 24.3 Å². The topological polar surface area (TPSA) is 32.3 Å². The van der Waals surface area contributed by atoms with Gasteiger partial charge < -0.3 is 10.2 Å². The largest absolute Gasteiger partial charge is 0.359 e. The molecule has 1 atom stereocenters. The van der Waals surface area contributed by atoms with Crippen molar-refractivity contribution in [1.82, 2.24) is 0 Å². The van der Waals surface area contributed by atoms with Crippen LogP contribution in [0.2, 0.25) is 0 Å². The van der Waals surface area contributed by atoms with Crippen LogP contribution in [0.5, 0.6) is 0 Å². The minimum Gasteiger partial charge on any atom is -0.359 e. The number of hydrogen-bond donors (Lipinski definition) is 1.